The number of carbonyl (C=O) groups is 1. The van der Waals surface area contributed by atoms with Crippen molar-refractivity contribution in [1.29, 1.82) is 0 Å². The molecule has 146 valence electrons. The van der Waals surface area contributed by atoms with Gasteiger partial charge < -0.3 is 24.4 Å². The molecule has 27 heavy (non-hydrogen) atoms. The van der Waals surface area contributed by atoms with E-state index in [9.17, 15) is 4.79 Å². The zero-order valence-corrected chi connectivity index (χ0v) is 17.0. The predicted octanol–water partition coefficient (Wildman–Crippen LogP) is 1.98. The van der Waals surface area contributed by atoms with Crippen LogP contribution < -0.4 is 24.4 Å². The number of methoxy groups -OCH3 is 3. The zero-order chi connectivity index (χ0) is 20.0. The van der Waals surface area contributed by atoms with Gasteiger partial charge in [-0.3, -0.25) is 4.79 Å². The van der Waals surface area contributed by atoms with Crippen molar-refractivity contribution in [2.24, 2.45) is 0 Å². The van der Waals surface area contributed by atoms with Crippen LogP contribution in [0.15, 0.2) is 36.4 Å². The lowest BCUT2D eigenvalue weighted by atomic mass is 10.1. The summed E-state index contributed by atoms with van der Waals surface area (Å²) >= 11 is 6.33. The number of nitrogens with one attached hydrogen (secondary N) is 2. The van der Waals surface area contributed by atoms with E-state index >= 15 is 0 Å². The summed E-state index contributed by atoms with van der Waals surface area (Å²) < 4.78 is 15.9. The summed E-state index contributed by atoms with van der Waals surface area (Å²) in [6, 6.07) is 10.9. The van der Waals surface area contributed by atoms with Crippen molar-refractivity contribution in [3.05, 3.63) is 52.5 Å². The monoisotopic (exact) mass is 393 g/mol. The Morgan fingerprint density at radius 2 is 1.67 bits per heavy atom. The Labute approximate surface area is 165 Å². The zero-order valence-electron chi connectivity index (χ0n) is 16.3. The van der Waals surface area contributed by atoms with Gasteiger partial charge in [0, 0.05) is 16.1 Å². The summed E-state index contributed by atoms with van der Waals surface area (Å²) in [6.07, 6.45) is 0. The van der Waals surface area contributed by atoms with E-state index in [1.807, 2.05) is 38.4 Å². The lowest BCUT2D eigenvalue weighted by Gasteiger charge is -2.23. The third kappa shape index (κ3) is 4.84. The Bertz CT molecular complexity index is 770. The van der Waals surface area contributed by atoms with Crippen molar-refractivity contribution in [3.8, 4) is 17.2 Å². The Morgan fingerprint density at radius 1 is 1.07 bits per heavy atom. The van der Waals surface area contributed by atoms with Gasteiger partial charge in [-0.25, -0.2) is 0 Å². The molecule has 0 spiro atoms. The van der Waals surface area contributed by atoms with Crippen molar-refractivity contribution in [2.45, 2.75) is 6.04 Å². The number of benzene rings is 2. The van der Waals surface area contributed by atoms with Crippen LogP contribution in [0.2, 0.25) is 5.02 Å². The lowest BCUT2D eigenvalue weighted by molar-refractivity contribution is -0.890. The van der Waals surface area contributed by atoms with Crippen molar-refractivity contribution < 1.29 is 23.9 Å². The van der Waals surface area contributed by atoms with E-state index in [-0.39, 0.29) is 11.9 Å². The molecule has 2 rings (SSSR count). The first-order valence-corrected chi connectivity index (χ1v) is 8.93. The molecule has 0 bridgehead atoms. The molecule has 0 saturated carbocycles. The van der Waals surface area contributed by atoms with Crippen molar-refractivity contribution >= 4 is 17.5 Å². The minimum absolute atomic E-state index is 0.0182. The fourth-order valence-corrected chi connectivity index (χ4v) is 3.16. The largest absolute Gasteiger partial charge is 0.493 e. The first kappa shape index (κ1) is 20.9. The second kappa shape index (κ2) is 9.48. The first-order valence-electron chi connectivity index (χ1n) is 8.55. The highest BCUT2D eigenvalue weighted by atomic mass is 35.5. The summed E-state index contributed by atoms with van der Waals surface area (Å²) in [7, 11) is 8.61. The Morgan fingerprint density at radius 3 is 2.15 bits per heavy atom. The fourth-order valence-electron chi connectivity index (χ4n) is 2.89. The van der Waals surface area contributed by atoms with Crippen LogP contribution in [0.4, 0.5) is 0 Å². The fraction of sp³-hybridized carbons (Fsp3) is 0.350. The highest BCUT2D eigenvalue weighted by Gasteiger charge is 2.23. The number of likely N-dealkylation sites (N-methyl/N-ethyl adjacent to an activating group) is 1. The SMILES string of the molecule is COc1cc(C(=O)NC[C@@H](c2ccccc2Cl)[NH+](C)C)cc(OC)c1OC. The van der Waals surface area contributed by atoms with E-state index in [0.29, 0.717) is 34.4 Å². The standard InChI is InChI=1S/C20H25ClN2O4/c1-23(2)16(14-8-6-7-9-15(14)21)12-22-20(24)13-10-17(25-3)19(27-5)18(11-13)26-4/h6-11,16H,12H2,1-5H3,(H,22,24)/p+1/t16-/m0/s1. The van der Waals surface area contributed by atoms with Crippen LogP contribution in [0.25, 0.3) is 0 Å². The van der Waals surface area contributed by atoms with Crippen LogP contribution in [-0.4, -0.2) is 47.9 Å². The maximum Gasteiger partial charge on any atom is 0.251 e. The molecule has 0 saturated heterocycles. The molecule has 2 aromatic carbocycles. The molecule has 1 amide bonds. The van der Waals surface area contributed by atoms with Gasteiger partial charge in [-0.05, 0) is 18.2 Å². The maximum absolute atomic E-state index is 12.7. The summed E-state index contributed by atoms with van der Waals surface area (Å²) in [5.41, 5.74) is 1.42. The molecular weight excluding hydrogens is 368 g/mol. The van der Waals surface area contributed by atoms with Crippen molar-refractivity contribution in [1.82, 2.24) is 5.32 Å². The highest BCUT2D eigenvalue weighted by Crippen LogP contribution is 2.38. The van der Waals surface area contributed by atoms with Crippen LogP contribution in [0.3, 0.4) is 0 Å². The number of ether oxygens (including phenoxy) is 3. The third-order valence-corrected chi connectivity index (χ3v) is 4.72. The van der Waals surface area contributed by atoms with E-state index in [4.69, 9.17) is 25.8 Å². The van der Waals surface area contributed by atoms with Gasteiger partial charge >= 0.3 is 0 Å². The Kier molecular flexibility index (Phi) is 7.33. The molecule has 0 aliphatic heterocycles. The second-order valence-electron chi connectivity index (χ2n) is 6.28. The third-order valence-electron chi connectivity index (χ3n) is 4.37. The summed E-state index contributed by atoms with van der Waals surface area (Å²) in [5, 5.41) is 3.66. The van der Waals surface area contributed by atoms with Crippen LogP contribution >= 0.6 is 11.6 Å². The molecule has 0 radical (unpaired) electrons. The molecule has 0 unspecified atom stereocenters. The van der Waals surface area contributed by atoms with Crippen LogP contribution in [0, 0.1) is 0 Å². The quantitative estimate of drug-likeness (QED) is 0.720. The Hall–Kier alpha value is -2.44. The van der Waals surface area contributed by atoms with E-state index in [2.05, 4.69) is 5.32 Å². The Balaban J connectivity index is 2.22. The number of quaternary nitrogens is 1. The molecule has 7 heteroatoms. The average Bonchev–Trinajstić information content (AvgIpc) is 2.67. The van der Waals surface area contributed by atoms with E-state index in [0.717, 1.165) is 10.5 Å². The molecule has 0 aromatic heterocycles. The molecule has 0 aliphatic rings. The minimum atomic E-state index is -0.229. The van der Waals surface area contributed by atoms with Gasteiger partial charge in [0.15, 0.2) is 11.5 Å². The molecule has 0 aliphatic carbocycles. The number of halogens is 1. The highest BCUT2D eigenvalue weighted by molar-refractivity contribution is 6.31. The molecule has 6 nitrogen and oxygen atoms in total. The van der Waals surface area contributed by atoms with Gasteiger partial charge in [-0.1, -0.05) is 29.8 Å². The number of rotatable bonds is 8. The van der Waals surface area contributed by atoms with Crippen LogP contribution in [0.5, 0.6) is 17.2 Å². The van der Waals surface area contributed by atoms with E-state index < -0.39 is 0 Å². The lowest BCUT2D eigenvalue weighted by Crippen LogP contribution is -3.07. The van der Waals surface area contributed by atoms with Gasteiger partial charge in [-0.2, -0.15) is 0 Å². The average molecular weight is 394 g/mol. The molecule has 0 fully saturated rings. The number of amides is 1. The second-order valence-corrected chi connectivity index (χ2v) is 6.68. The smallest absolute Gasteiger partial charge is 0.251 e. The summed E-state index contributed by atoms with van der Waals surface area (Å²) in [5.74, 6) is 1.08. The molecule has 2 aromatic rings. The van der Waals surface area contributed by atoms with Crippen LogP contribution in [0.1, 0.15) is 22.0 Å². The predicted molar refractivity (Wildman–Crippen MR) is 105 cm³/mol. The molecule has 1 atom stereocenters. The normalized spacial score (nSPS) is 11.8. The van der Waals surface area contributed by atoms with Gasteiger partial charge in [-0.15, -0.1) is 0 Å². The van der Waals surface area contributed by atoms with Gasteiger partial charge in [0.2, 0.25) is 5.75 Å². The van der Waals surface area contributed by atoms with E-state index in [1.54, 1.807) is 12.1 Å². The van der Waals surface area contributed by atoms with Gasteiger partial charge in [0.05, 0.1) is 42.0 Å². The summed E-state index contributed by atoms with van der Waals surface area (Å²) in [6.45, 7) is 0.432. The van der Waals surface area contributed by atoms with Gasteiger partial charge in [0.1, 0.15) is 6.04 Å². The summed E-state index contributed by atoms with van der Waals surface area (Å²) in [4.78, 5) is 13.9. The van der Waals surface area contributed by atoms with Crippen molar-refractivity contribution in [2.75, 3.05) is 42.0 Å². The number of carbonyl (C=O) groups excluding carboxylic acids is 1. The topological polar surface area (TPSA) is 61.2 Å². The van der Waals surface area contributed by atoms with Crippen molar-refractivity contribution in [3.63, 3.8) is 0 Å². The van der Waals surface area contributed by atoms with Gasteiger partial charge in [0.25, 0.3) is 5.91 Å². The first-order chi connectivity index (χ1) is 12.9. The number of hydrogen-bond donors (Lipinski definition) is 2. The number of hydrogen-bond acceptors (Lipinski definition) is 4. The molecule has 0 heterocycles. The molecular formula is C20H26ClN2O4+. The van der Waals surface area contributed by atoms with Crippen LogP contribution in [-0.2, 0) is 0 Å². The minimum Gasteiger partial charge on any atom is -0.493 e. The van der Waals surface area contributed by atoms with E-state index in [1.165, 1.54) is 21.3 Å². The maximum atomic E-state index is 12.7. The molecule has 2 N–H and O–H groups in total.